The summed E-state index contributed by atoms with van der Waals surface area (Å²) >= 11 is 1.82. The molecule has 116 valence electrons. The molecule has 1 atom stereocenters. The molecule has 4 nitrogen and oxygen atoms in total. The van der Waals surface area contributed by atoms with Gasteiger partial charge in [0.25, 0.3) is 0 Å². The van der Waals surface area contributed by atoms with Gasteiger partial charge in [-0.25, -0.2) is 0 Å². The van der Waals surface area contributed by atoms with E-state index in [1.807, 2.05) is 22.7 Å². The molecule has 2 N–H and O–H groups in total. The quantitative estimate of drug-likeness (QED) is 0.812. The van der Waals surface area contributed by atoms with E-state index in [1.165, 1.54) is 4.90 Å². The molecule has 1 amide bonds. The van der Waals surface area contributed by atoms with Crippen LogP contribution < -0.4 is 5.73 Å². The van der Waals surface area contributed by atoms with Gasteiger partial charge in [-0.2, -0.15) is 0 Å². The number of piperazine rings is 1. The van der Waals surface area contributed by atoms with E-state index in [4.69, 9.17) is 5.73 Å². The number of hydrogen-bond acceptors (Lipinski definition) is 4. The van der Waals surface area contributed by atoms with Crippen LogP contribution in [0.5, 0.6) is 0 Å². The molecule has 5 heteroatoms. The van der Waals surface area contributed by atoms with E-state index in [0.717, 1.165) is 44.9 Å². The molecular weight excluding hydrogens is 282 g/mol. The largest absolute Gasteiger partial charge is 0.340 e. The van der Waals surface area contributed by atoms with Crippen LogP contribution in [0.1, 0.15) is 13.3 Å². The van der Waals surface area contributed by atoms with Gasteiger partial charge in [-0.3, -0.25) is 9.69 Å². The van der Waals surface area contributed by atoms with Crippen molar-refractivity contribution in [3.8, 4) is 0 Å². The monoisotopic (exact) mass is 307 g/mol. The molecule has 0 saturated carbocycles. The second-order valence-corrected chi connectivity index (χ2v) is 6.61. The van der Waals surface area contributed by atoms with Crippen LogP contribution in [0, 0.1) is 0 Å². The summed E-state index contributed by atoms with van der Waals surface area (Å²) in [6, 6.07) is 10.6. The molecule has 2 rings (SSSR count). The van der Waals surface area contributed by atoms with Gasteiger partial charge in [0.05, 0.1) is 0 Å². The Balaban J connectivity index is 1.61. The van der Waals surface area contributed by atoms with Crippen molar-refractivity contribution in [2.45, 2.75) is 24.3 Å². The van der Waals surface area contributed by atoms with Crippen molar-refractivity contribution in [3.63, 3.8) is 0 Å². The van der Waals surface area contributed by atoms with Crippen molar-refractivity contribution in [2.24, 2.45) is 5.73 Å². The molecule has 1 aliphatic heterocycles. The van der Waals surface area contributed by atoms with E-state index in [-0.39, 0.29) is 11.9 Å². The van der Waals surface area contributed by atoms with Crippen molar-refractivity contribution in [1.29, 1.82) is 0 Å². The Kier molecular flexibility index (Phi) is 6.54. The summed E-state index contributed by atoms with van der Waals surface area (Å²) in [6.45, 7) is 6.32. The third-order valence-electron chi connectivity index (χ3n) is 3.84. The number of hydrogen-bond donors (Lipinski definition) is 1. The van der Waals surface area contributed by atoms with Crippen LogP contribution in [0.25, 0.3) is 0 Å². The molecule has 1 aromatic rings. The average Bonchev–Trinajstić information content (AvgIpc) is 2.52. The smallest absolute Gasteiger partial charge is 0.219 e. The maximum absolute atomic E-state index is 11.3. The van der Waals surface area contributed by atoms with E-state index < -0.39 is 0 Å². The van der Waals surface area contributed by atoms with Crippen molar-refractivity contribution in [1.82, 2.24) is 9.80 Å². The van der Waals surface area contributed by atoms with Crippen LogP contribution in [0.15, 0.2) is 35.2 Å². The highest BCUT2D eigenvalue weighted by Gasteiger charge is 2.18. The van der Waals surface area contributed by atoms with Gasteiger partial charge in [-0.05, 0) is 25.1 Å². The Morgan fingerprint density at radius 2 is 1.90 bits per heavy atom. The van der Waals surface area contributed by atoms with Crippen molar-refractivity contribution >= 4 is 17.7 Å². The Bertz CT molecular complexity index is 432. The number of amides is 1. The fraction of sp³-hybridized carbons (Fsp3) is 0.562. The first-order chi connectivity index (χ1) is 10.1. The normalized spacial score (nSPS) is 17.7. The number of thioether (sulfide) groups is 1. The number of nitrogens with zero attached hydrogens (tertiary/aromatic N) is 2. The molecule has 0 bridgehead atoms. The van der Waals surface area contributed by atoms with Crippen LogP contribution in [-0.4, -0.2) is 60.2 Å². The lowest BCUT2D eigenvalue weighted by atomic mass is 10.2. The minimum absolute atomic E-state index is 0.186. The van der Waals surface area contributed by atoms with Gasteiger partial charge >= 0.3 is 0 Å². The maximum atomic E-state index is 11.3. The Labute approximate surface area is 131 Å². The number of carbonyl (C=O) groups excluding carboxylic acids is 1. The van der Waals surface area contributed by atoms with Crippen LogP contribution in [0.4, 0.5) is 0 Å². The van der Waals surface area contributed by atoms with E-state index in [0.29, 0.717) is 0 Å². The van der Waals surface area contributed by atoms with Gasteiger partial charge in [-0.15, -0.1) is 11.8 Å². The fourth-order valence-electron chi connectivity index (χ4n) is 2.44. The predicted molar refractivity (Wildman–Crippen MR) is 88.5 cm³/mol. The first-order valence-electron chi connectivity index (χ1n) is 7.56. The molecule has 1 fully saturated rings. The first kappa shape index (κ1) is 16.3. The first-order valence-corrected chi connectivity index (χ1v) is 8.55. The zero-order chi connectivity index (χ0) is 15.1. The highest BCUT2D eigenvalue weighted by atomic mass is 32.2. The molecule has 0 radical (unpaired) electrons. The van der Waals surface area contributed by atoms with Gasteiger partial charge < -0.3 is 10.6 Å². The molecule has 0 unspecified atom stereocenters. The second kappa shape index (κ2) is 8.41. The van der Waals surface area contributed by atoms with Crippen LogP contribution in [0.3, 0.4) is 0 Å². The summed E-state index contributed by atoms with van der Waals surface area (Å²) < 4.78 is 0. The third-order valence-corrected chi connectivity index (χ3v) is 5.04. The standard InChI is InChI=1S/C16H25N3OS/c1-14(20)19-11-9-18(10-12-19)8-7-15(17)13-21-16-5-3-2-4-6-16/h2-6,15H,7-13,17H2,1H3/t15-/m1/s1. The zero-order valence-corrected chi connectivity index (χ0v) is 13.5. The minimum atomic E-state index is 0.186. The Morgan fingerprint density at radius 1 is 1.24 bits per heavy atom. The molecule has 21 heavy (non-hydrogen) atoms. The van der Waals surface area contributed by atoms with Crippen molar-refractivity contribution in [3.05, 3.63) is 30.3 Å². The summed E-state index contributed by atoms with van der Waals surface area (Å²) in [4.78, 5) is 16.9. The third kappa shape index (κ3) is 5.69. The summed E-state index contributed by atoms with van der Waals surface area (Å²) in [5.41, 5.74) is 6.20. The lowest BCUT2D eigenvalue weighted by Gasteiger charge is -2.34. The fourth-order valence-corrected chi connectivity index (χ4v) is 3.36. The van der Waals surface area contributed by atoms with Gasteiger partial charge in [-0.1, -0.05) is 18.2 Å². The molecule has 1 aromatic carbocycles. The Hall–Kier alpha value is -1.04. The van der Waals surface area contributed by atoms with Crippen LogP contribution in [-0.2, 0) is 4.79 Å². The van der Waals surface area contributed by atoms with Crippen molar-refractivity contribution < 1.29 is 4.79 Å². The van der Waals surface area contributed by atoms with E-state index in [2.05, 4.69) is 29.2 Å². The number of carbonyl (C=O) groups is 1. The molecule has 1 aliphatic rings. The summed E-state index contributed by atoms with van der Waals surface area (Å²) in [5, 5.41) is 0. The van der Waals surface area contributed by atoms with E-state index >= 15 is 0 Å². The Morgan fingerprint density at radius 3 is 2.52 bits per heavy atom. The lowest BCUT2D eigenvalue weighted by molar-refractivity contribution is -0.130. The molecule has 0 aromatic heterocycles. The molecule has 1 heterocycles. The lowest BCUT2D eigenvalue weighted by Crippen LogP contribution is -2.48. The average molecular weight is 307 g/mol. The van der Waals surface area contributed by atoms with Gasteiger partial charge in [0.1, 0.15) is 0 Å². The van der Waals surface area contributed by atoms with Crippen LogP contribution in [0.2, 0.25) is 0 Å². The highest BCUT2D eigenvalue weighted by molar-refractivity contribution is 7.99. The van der Waals surface area contributed by atoms with Crippen LogP contribution >= 0.6 is 11.8 Å². The van der Waals surface area contributed by atoms with Gasteiger partial charge in [0.2, 0.25) is 5.91 Å². The zero-order valence-electron chi connectivity index (χ0n) is 12.7. The molecule has 0 spiro atoms. The van der Waals surface area contributed by atoms with Gasteiger partial charge in [0, 0.05) is 49.8 Å². The van der Waals surface area contributed by atoms with E-state index in [1.54, 1.807) is 6.92 Å². The van der Waals surface area contributed by atoms with Gasteiger partial charge in [0.15, 0.2) is 0 Å². The molecule has 1 saturated heterocycles. The number of benzene rings is 1. The predicted octanol–water partition coefficient (Wildman–Crippen LogP) is 1.66. The highest BCUT2D eigenvalue weighted by Crippen LogP contribution is 2.18. The topological polar surface area (TPSA) is 49.6 Å². The maximum Gasteiger partial charge on any atom is 0.219 e. The SMILES string of the molecule is CC(=O)N1CCN(CC[C@@H](N)CSc2ccccc2)CC1. The summed E-state index contributed by atoms with van der Waals surface area (Å²) in [5.74, 6) is 1.14. The summed E-state index contributed by atoms with van der Waals surface area (Å²) in [6.07, 6.45) is 1.01. The minimum Gasteiger partial charge on any atom is -0.340 e. The van der Waals surface area contributed by atoms with E-state index in [9.17, 15) is 4.79 Å². The molecular formula is C16H25N3OS. The second-order valence-electron chi connectivity index (χ2n) is 5.52. The summed E-state index contributed by atoms with van der Waals surface area (Å²) in [7, 11) is 0. The molecule has 0 aliphatic carbocycles. The number of nitrogens with two attached hydrogens (primary N) is 1. The number of rotatable bonds is 6. The van der Waals surface area contributed by atoms with Crippen molar-refractivity contribution in [2.75, 3.05) is 38.5 Å².